The minimum absolute atomic E-state index is 0.644. The van der Waals surface area contributed by atoms with E-state index in [0.717, 1.165) is 18.0 Å². The lowest BCUT2D eigenvalue weighted by molar-refractivity contribution is -0.131. The highest BCUT2D eigenvalue weighted by molar-refractivity contribution is 5.85. The minimum Gasteiger partial charge on any atom is -0.478 e. The highest BCUT2D eigenvalue weighted by atomic mass is 16.4. The predicted molar refractivity (Wildman–Crippen MR) is 86.0 cm³/mol. The van der Waals surface area contributed by atoms with Gasteiger partial charge in [-0.2, -0.15) is 0 Å². The summed E-state index contributed by atoms with van der Waals surface area (Å²) >= 11 is 0. The number of hydrogen-bond donors (Lipinski definition) is 1. The van der Waals surface area contributed by atoms with Gasteiger partial charge in [0.05, 0.1) is 0 Å². The Balaban J connectivity index is 2.06. The molecule has 1 aliphatic carbocycles. The Morgan fingerprint density at radius 1 is 1.38 bits per heavy atom. The third-order valence-corrected chi connectivity index (χ3v) is 4.41. The molecule has 3 nitrogen and oxygen atoms in total. The van der Waals surface area contributed by atoms with E-state index in [4.69, 9.17) is 5.11 Å². The van der Waals surface area contributed by atoms with Gasteiger partial charge in [-0.25, -0.2) is 4.79 Å². The van der Waals surface area contributed by atoms with E-state index in [0.29, 0.717) is 6.04 Å². The highest BCUT2D eigenvalue weighted by Crippen LogP contribution is 2.27. The van der Waals surface area contributed by atoms with E-state index in [9.17, 15) is 4.79 Å². The largest absolute Gasteiger partial charge is 0.478 e. The van der Waals surface area contributed by atoms with Crippen molar-refractivity contribution >= 4 is 12.0 Å². The van der Waals surface area contributed by atoms with Gasteiger partial charge >= 0.3 is 5.97 Å². The molecule has 1 fully saturated rings. The molecule has 0 bridgehead atoms. The molecule has 0 saturated heterocycles. The van der Waals surface area contributed by atoms with Gasteiger partial charge in [0, 0.05) is 18.7 Å². The number of aliphatic carboxylic acids is 1. The van der Waals surface area contributed by atoms with E-state index < -0.39 is 5.97 Å². The molecule has 1 N–H and O–H groups in total. The van der Waals surface area contributed by atoms with Crippen LogP contribution in [0, 0.1) is 5.92 Å². The molecular formula is C18H25NO2. The Labute approximate surface area is 127 Å². The quantitative estimate of drug-likeness (QED) is 0.838. The fraction of sp³-hybridized carbons (Fsp3) is 0.500. The number of benzene rings is 1. The summed E-state index contributed by atoms with van der Waals surface area (Å²) in [4.78, 5) is 13.1. The summed E-state index contributed by atoms with van der Waals surface area (Å²) < 4.78 is 0. The maximum atomic E-state index is 10.7. The lowest BCUT2D eigenvalue weighted by Crippen LogP contribution is -2.35. The average Bonchev–Trinajstić information content (AvgIpc) is 2.46. The smallest absolute Gasteiger partial charge is 0.328 e. The zero-order valence-electron chi connectivity index (χ0n) is 13.0. The zero-order valence-corrected chi connectivity index (χ0v) is 13.0. The summed E-state index contributed by atoms with van der Waals surface area (Å²) in [5.74, 6) is -0.0902. The molecule has 0 heterocycles. The Kier molecular flexibility index (Phi) is 5.57. The molecule has 0 amide bonds. The lowest BCUT2D eigenvalue weighted by atomic mass is 9.86. The van der Waals surface area contributed by atoms with Crippen LogP contribution in [0.25, 0.3) is 6.08 Å². The maximum Gasteiger partial charge on any atom is 0.328 e. The molecule has 21 heavy (non-hydrogen) atoms. The first-order chi connectivity index (χ1) is 10.1. The number of carboxylic acid groups (broad SMARTS) is 1. The van der Waals surface area contributed by atoms with Gasteiger partial charge in [0.25, 0.3) is 0 Å². The second-order valence-electron chi connectivity index (χ2n) is 6.21. The molecule has 0 spiro atoms. The number of carboxylic acids is 1. The van der Waals surface area contributed by atoms with E-state index in [1.807, 2.05) is 18.2 Å². The molecule has 1 aromatic carbocycles. The third-order valence-electron chi connectivity index (χ3n) is 4.41. The molecule has 0 aliphatic heterocycles. The van der Waals surface area contributed by atoms with E-state index in [1.54, 1.807) is 6.08 Å². The van der Waals surface area contributed by atoms with Gasteiger partial charge in [-0.1, -0.05) is 44.0 Å². The number of nitrogens with zero attached hydrogens (tertiary/aromatic N) is 1. The monoisotopic (exact) mass is 287 g/mol. The topological polar surface area (TPSA) is 40.5 Å². The second-order valence-corrected chi connectivity index (χ2v) is 6.21. The van der Waals surface area contributed by atoms with E-state index in [1.165, 1.54) is 37.3 Å². The normalized spacial score (nSPS) is 22.8. The van der Waals surface area contributed by atoms with Crippen LogP contribution >= 0.6 is 0 Å². The zero-order chi connectivity index (χ0) is 15.2. The van der Waals surface area contributed by atoms with Crippen molar-refractivity contribution in [1.82, 2.24) is 4.90 Å². The summed E-state index contributed by atoms with van der Waals surface area (Å²) in [5.41, 5.74) is 2.19. The van der Waals surface area contributed by atoms with E-state index >= 15 is 0 Å². The molecule has 1 saturated carbocycles. The van der Waals surface area contributed by atoms with Crippen LogP contribution in [0.2, 0.25) is 0 Å². The summed E-state index contributed by atoms with van der Waals surface area (Å²) in [5, 5.41) is 8.78. The third kappa shape index (κ3) is 4.71. The van der Waals surface area contributed by atoms with Crippen LogP contribution in [0.15, 0.2) is 30.3 Å². The number of hydrogen-bond acceptors (Lipinski definition) is 2. The van der Waals surface area contributed by atoms with Crippen molar-refractivity contribution in [2.75, 3.05) is 7.05 Å². The predicted octanol–water partition coefficient (Wildman–Crippen LogP) is 3.79. The summed E-state index contributed by atoms with van der Waals surface area (Å²) in [6.07, 6.45) is 8.10. The van der Waals surface area contributed by atoms with Crippen molar-refractivity contribution in [1.29, 1.82) is 0 Å². The molecule has 2 unspecified atom stereocenters. The van der Waals surface area contributed by atoms with Gasteiger partial charge in [-0.3, -0.25) is 4.90 Å². The van der Waals surface area contributed by atoms with Crippen molar-refractivity contribution in [3.05, 3.63) is 41.5 Å². The molecule has 114 valence electrons. The summed E-state index contributed by atoms with van der Waals surface area (Å²) in [7, 11) is 2.18. The Hall–Kier alpha value is -1.61. The summed E-state index contributed by atoms with van der Waals surface area (Å²) in [6, 6.07) is 8.68. The van der Waals surface area contributed by atoms with Gasteiger partial charge < -0.3 is 5.11 Å². The van der Waals surface area contributed by atoms with Crippen LogP contribution in [-0.2, 0) is 11.3 Å². The molecule has 1 aromatic rings. The first-order valence-corrected chi connectivity index (χ1v) is 7.75. The first kappa shape index (κ1) is 15.8. The lowest BCUT2D eigenvalue weighted by Gasteiger charge is -2.34. The van der Waals surface area contributed by atoms with Crippen molar-refractivity contribution in [3.8, 4) is 0 Å². The minimum atomic E-state index is -0.903. The first-order valence-electron chi connectivity index (χ1n) is 7.75. The van der Waals surface area contributed by atoms with Crippen LogP contribution in [0.4, 0.5) is 0 Å². The molecule has 1 aliphatic rings. The standard InChI is InChI=1S/C18H25NO2/c1-14-6-5-9-17(12-14)19(2)13-16-8-4-3-7-15(16)10-11-18(20)21/h3-4,7-8,10-11,14,17H,5-6,9,12-13H2,1-2H3,(H,20,21). The van der Waals surface area contributed by atoms with Gasteiger partial charge in [0.2, 0.25) is 0 Å². The molecule has 2 rings (SSSR count). The molecule has 2 atom stereocenters. The van der Waals surface area contributed by atoms with Gasteiger partial charge in [0.1, 0.15) is 0 Å². The second kappa shape index (κ2) is 7.41. The van der Waals surface area contributed by atoms with Crippen LogP contribution in [-0.4, -0.2) is 29.1 Å². The Morgan fingerprint density at radius 3 is 2.86 bits per heavy atom. The fourth-order valence-corrected chi connectivity index (χ4v) is 3.20. The van der Waals surface area contributed by atoms with E-state index in [-0.39, 0.29) is 0 Å². The van der Waals surface area contributed by atoms with Crippen molar-refractivity contribution in [2.24, 2.45) is 5.92 Å². The average molecular weight is 287 g/mol. The van der Waals surface area contributed by atoms with Gasteiger partial charge in [-0.15, -0.1) is 0 Å². The SMILES string of the molecule is CC1CCCC(N(C)Cc2ccccc2C=CC(=O)O)C1. The molecule has 0 aromatic heterocycles. The highest BCUT2D eigenvalue weighted by Gasteiger charge is 2.22. The number of carbonyl (C=O) groups is 1. The van der Waals surface area contributed by atoms with Crippen molar-refractivity contribution in [2.45, 2.75) is 45.2 Å². The van der Waals surface area contributed by atoms with Crippen molar-refractivity contribution in [3.63, 3.8) is 0 Å². The van der Waals surface area contributed by atoms with Gasteiger partial charge in [-0.05, 0) is 43.0 Å². The molecule has 3 heteroatoms. The number of rotatable bonds is 5. The molecule has 0 radical (unpaired) electrons. The summed E-state index contributed by atoms with van der Waals surface area (Å²) in [6.45, 7) is 3.21. The van der Waals surface area contributed by atoms with Crippen molar-refractivity contribution < 1.29 is 9.90 Å². The van der Waals surface area contributed by atoms with Crippen LogP contribution < -0.4 is 0 Å². The van der Waals surface area contributed by atoms with Crippen LogP contribution in [0.3, 0.4) is 0 Å². The Morgan fingerprint density at radius 2 is 2.14 bits per heavy atom. The van der Waals surface area contributed by atoms with E-state index in [2.05, 4.69) is 24.9 Å². The van der Waals surface area contributed by atoms with Crippen LogP contribution in [0.1, 0.15) is 43.7 Å². The van der Waals surface area contributed by atoms with Crippen LogP contribution in [0.5, 0.6) is 0 Å². The fourth-order valence-electron chi connectivity index (χ4n) is 3.20. The Bertz CT molecular complexity index is 510. The maximum absolute atomic E-state index is 10.7. The molecular weight excluding hydrogens is 262 g/mol. The van der Waals surface area contributed by atoms with Gasteiger partial charge in [0.15, 0.2) is 0 Å².